The Morgan fingerprint density at radius 1 is 1.17 bits per heavy atom. The minimum Gasteiger partial charge on any atom is -0.356 e. The molecular formula is C9H20N2O. The molecule has 0 aliphatic carbocycles. The summed E-state index contributed by atoms with van der Waals surface area (Å²) in [7, 11) is 0. The highest BCUT2D eigenvalue weighted by Gasteiger charge is 1.91. The smallest absolute Gasteiger partial charge is 0.216 e. The van der Waals surface area contributed by atoms with Gasteiger partial charge in [0.1, 0.15) is 0 Å². The van der Waals surface area contributed by atoms with Gasteiger partial charge in [-0.25, -0.2) is 0 Å². The molecule has 3 nitrogen and oxygen atoms in total. The van der Waals surface area contributed by atoms with Crippen LogP contribution in [0.4, 0.5) is 0 Å². The van der Waals surface area contributed by atoms with Crippen LogP contribution in [-0.4, -0.2) is 19.0 Å². The van der Waals surface area contributed by atoms with Crippen LogP contribution in [0.3, 0.4) is 0 Å². The van der Waals surface area contributed by atoms with Gasteiger partial charge in [-0.2, -0.15) is 0 Å². The summed E-state index contributed by atoms with van der Waals surface area (Å²) in [4.78, 5) is 10.5. The molecule has 0 fully saturated rings. The molecule has 3 N–H and O–H groups in total. The maximum Gasteiger partial charge on any atom is 0.216 e. The van der Waals surface area contributed by atoms with Crippen LogP contribution in [0.1, 0.15) is 39.0 Å². The van der Waals surface area contributed by atoms with E-state index in [-0.39, 0.29) is 5.91 Å². The predicted octanol–water partition coefficient (Wildman–Crippen LogP) is 1.03. The van der Waals surface area contributed by atoms with Crippen molar-refractivity contribution >= 4 is 5.91 Å². The van der Waals surface area contributed by atoms with E-state index < -0.39 is 0 Å². The van der Waals surface area contributed by atoms with Crippen molar-refractivity contribution in [3.63, 3.8) is 0 Å². The fourth-order valence-corrected chi connectivity index (χ4v) is 1.06. The van der Waals surface area contributed by atoms with Crippen molar-refractivity contribution < 1.29 is 4.79 Å². The normalized spacial score (nSPS) is 9.83. The summed E-state index contributed by atoms with van der Waals surface area (Å²) in [5.74, 6) is 0.0666. The molecule has 0 aromatic heterocycles. The second kappa shape index (κ2) is 8.53. The van der Waals surface area contributed by atoms with Gasteiger partial charge in [-0.1, -0.05) is 19.3 Å². The summed E-state index contributed by atoms with van der Waals surface area (Å²) in [5, 5.41) is 2.77. The maximum atomic E-state index is 10.5. The summed E-state index contributed by atoms with van der Waals surface area (Å²) in [6.07, 6.45) is 5.86. The van der Waals surface area contributed by atoms with Crippen molar-refractivity contribution in [1.29, 1.82) is 0 Å². The van der Waals surface area contributed by atoms with Crippen LogP contribution >= 0.6 is 0 Å². The van der Waals surface area contributed by atoms with E-state index >= 15 is 0 Å². The molecule has 0 atom stereocenters. The van der Waals surface area contributed by atoms with E-state index in [4.69, 9.17) is 5.73 Å². The Morgan fingerprint density at radius 3 is 2.33 bits per heavy atom. The van der Waals surface area contributed by atoms with Crippen molar-refractivity contribution in [3.05, 3.63) is 0 Å². The number of hydrogen-bond acceptors (Lipinski definition) is 2. The molecule has 0 aromatic carbocycles. The van der Waals surface area contributed by atoms with E-state index in [0.717, 1.165) is 25.9 Å². The molecular weight excluding hydrogens is 152 g/mol. The molecule has 12 heavy (non-hydrogen) atoms. The first kappa shape index (κ1) is 11.4. The minimum atomic E-state index is 0.0666. The second-order valence-corrected chi connectivity index (χ2v) is 3.04. The van der Waals surface area contributed by atoms with E-state index in [1.165, 1.54) is 19.3 Å². The van der Waals surface area contributed by atoms with Gasteiger partial charge < -0.3 is 11.1 Å². The highest BCUT2D eigenvalue weighted by atomic mass is 16.1. The lowest BCUT2D eigenvalue weighted by atomic mass is 10.1. The molecule has 0 saturated carbocycles. The van der Waals surface area contributed by atoms with Gasteiger partial charge in [0.25, 0.3) is 0 Å². The van der Waals surface area contributed by atoms with Crippen LogP contribution in [0.25, 0.3) is 0 Å². The van der Waals surface area contributed by atoms with E-state index in [2.05, 4.69) is 5.32 Å². The number of unbranched alkanes of at least 4 members (excludes halogenated alkanes) is 4. The van der Waals surface area contributed by atoms with Crippen molar-refractivity contribution in [2.75, 3.05) is 13.1 Å². The summed E-state index contributed by atoms with van der Waals surface area (Å²) in [5.41, 5.74) is 5.35. The topological polar surface area (TPSA) is 55.1 Å². The number of rotatable bonds is 7. The molecule has 0 heterocycles. The molecule has 0 unspecified atom stereocenters. The number of amides is 1. The lowest BCUT2D eigenvalue weighted by Crippen LogP contribution is -2.20. The molecule has 0 rings (SSSR count). The molecule has 0 radical (unpaired) electrons. The number of hydrogen-bond donors (Lipinski definition) is 2. The Hall–Kier alpha value is -0.570. The predicted molar refractivity (Wildman–Crippen MR) is 50.8 cm³/mol. The molecule has 0 saturated heterocycles. The molecule has 0 aliphatic heterocycles. The standard InChI is InChI=1S/C9H20N2O/c1-9(12)11-8-6-4-2-3-5-7-10/h2-8,10H2,1H3,(H,11,12). The molecule has 72 valence electrons. The highest BCUT2D eigenvalue weighted by Crippen LogP contribution is 2.00. The van der Waals surface area contributed by atoms with Crippen molar-refractivity contribution in [2.24, 2.45) is 5.73 Å². The quantitative estimate of drug-likeness (QED) is 0.564. The molecule has 3 heteroatoms. The first-order valence-electron chi connectivity index (χ1n) is 4.72. The largest absolute Gasteiger partial charge is 0.356 e. The van der Waals surface area contributed by atoms with E-state index in [9.17, 15) is 4.79 Å². The van der Waals surface area contributed by atoms with E-state index in [1.54, 1.807) is 6.92 Å². The highest BCUT2D eigenvalue weighted by molar-refractivity contribution is 5.72. The Labute approximate surface area is 74.7 Å². The lowest BCUT2D eigenvalue weighted by Gasteiger charge is -2.01. The Morgan fingerprint density at radius 2 is 1.75 bits per heavy atom. The fraction of sp³-hybridized carbons (Fsp3) is 0.889. The van der Waals surface area contributed by atoms with Crippen molar-refractivity contribution in [1.82, 2.24) is 5.32 Å². The van der Waals surface area contributed by atoms with Gasteiger partial charge in [-0.3, -0.25) is 4.79 Å². The Bertz CT molecular complexity index is 115. The van der Waals surface area contributed by atoms with Gasteiger partial charge in [0, 0.05) is 13.5 Å². The molecule has 1 amide bonds. The average molecular weight is 172 g/mol. The van der Waals surface area contributed by atoms with Gasteiger partial charge in [-0.15, -0.1) is 0 Å². The summed E-state index contributed by atoms with van der Waals surface area (Å²) < 4.78 is 0. The van der Waals surface area contributed by atoms with Crippen molar-refractivity contribution in [2.45, 2.75) is 39.0 Å². The Balaban J connectivity index is 2.86. The zero-order valence-corrected chi connectivity index (χ0v) is 7.94. The maximum absolute atomic E-state index is 10.5. The number of nitrogens with one attached hydrogen (secondary N) is 1. The van der Waals surface area contributed by atoms with Crippen LogP contribution in [0.5, 0.6) is 0 Å². The SMILES string of the molecule is CC(=O)NCCCCCCCN. The van der Waals surface area contributed by atoms with Gasteiger partial charge in [0.2, 0.25) is 5.91 Å². The summed E-state index contributed by atoms with van der Waals surface area (Å²) in [6.45, 7) is 3.16. The van der Waals surface area contributed by atoms with Crippen LogP contribution in [0, 0.1) is 0 Å². The van der Waals surface area contributed by atoms with Gasteiger partial charge in [-0.05, 0) is 19.4 Å². The average Bonchev–Trinajstić information content (AvgIpc) is 2.02. The van der Waals surface area contributed by atoms with Gasteiger partial charge in [0.15, 0.2) is 0 Å². The monoisotopic (exact) mass is 172 g/mol. The van der Waals surface area contributed by atoms with E-state index in [1.807, 2.05) is 0 Å². The molecule has 0 aromatic rings. The number of carbonyl (C=O) groups is 1. The lowest BCUT2D eigenvalue weighted by molar-refractivity contribution is -0.118. The minimum absolute atomic E-state index is 0.0666. The van der Waals surface area contributed by atoms with Crippen LogP contribution in [-0.2, 0) is 4.79 Å². The summed E-state index contributed by atoms with van der Waals surface area (Å²) in [6, 6.07) is 0. The zero-order valence-electron chi connectivity index (χ0n) is 7.94. The summed E-state index contributed by atoms with van der Waals surface area (Å²) >= 11 is 0. The van der Waals surface area contributed by atoms with E-state index in [0.29, 0.717) is 0 Å². The molecule has 0 spiro atoms. The first-order valence-corrected chi connectivity index (χ1v) is 4.72. The van der Waals surface area contributed by atoms with Gasteiger partial charge >= 0.3 is 0 Å². The third-order valence-corrected chi connectivity index (χ3v) is 1.75. The molecule has 0 aliphatic rings. The number of nitrogens with two attached hydrogens (primary N) is 1. The van der Waals surface area contributed by atoms with Crippen LogP contribution in [0.15, 0.2) is 0 Å². The fourth-order valence-electron chi connectivity index (χ4n) is 1.06. The van der Waals surface area contributed by atoms with Crippen LogP contribution in [0.2, 0.25) is 0 Å². The van der Waals surface area contributed by atoms with Crippen LogP contribution < -0.4 is 11.1 Å². The first-order chi connectivity index (χ1) is 5.77. The third-order valence-electron chi connectivity index (χ3n) is 1.75. The number of carbonyl (C=O) groups excluding carboxylic acids is 1. The van der Waals surface area contributed by atoms with Crippen molar-refractivity contribution in [3.8, 4) is 0 Å². The molecule has 0 bridgehead atoms. The zero-order chi connectivity index (χ0) is 9.23. The van der Waals surface area contributed by atoms with Gasteiger partial charge in [0.05, 0.1) is 0 Å². The third kappa shape index (κ3) is 9.43. The second-order valence-electron chi connectivity index (χ2n) is 3.04. The Kier molecular flexibility index (Phi) is 8.12.